The normalized spacial score (nSPS) is 17.7. The van der Waals surface area contributed by atoms with Crippen molar-refractivity contribution in [3.63, 3.8) is 0 Å². The van der Waals surface area contributed by atoms with Crippen molar-refractivity contribution in [2.45, 2.75) is 25.8 Å². The highest BCUT2D eigenvalue weighted by atomic mass is 35.5. The standard InChI is InChI=1S/C12H19ClN4O/c1-9(17-5-3-4-6-17)7-14-12-10(18-2)11(13)15-8-16-12/h8-9H,3-7H2,1-2H3,(H,14,15,16). The number of nitrogens with one attached hydrogen (secondary N) is 1. The fraction of sp³-hybridized carbons (Fsp3) is 0.667. The molecule has 1 aromatic heterocycles. The van der Waals surface area contributed by atoms with E-state index < -0.39 is 0 Å². The van der Waals surface area contributed by atoms with Crippen molar-refractivity contribution in [3.05, 3.63) is 11.5 Å². The smallest absolute Gasteiger partial charge is 0.198 e. The summed E-state index contributed by atoms with van der Waals surface area (Å²) in [6, 6.07) is 0.478. The molecule has 6 heteroatoms. The number of likely N-dealkylation sites (tertiary alicyclic amines) is 1. The number of aromatic nitrogens is 2. The van der Waals surface area contributed by atoms with Crippen LogP contribution < -0.4 is 10.1 Å². The predicted octanol–water partition coefficient (Wildman–Crippen LogP) is 2.03. The SMILES string of the molecule is COc1c(Cl)ncnc1NCC(C)N1CCCC1. The van der Waals surface area contributed by atoms with Crippen LogP contribution in [0.4, 0.5) is 5.82 Å². The zero-order valence-electron chi connectivity index (χ0n) is 10.8. The third-order valence-electron chi connectivity index (χ3n) is 3.29. The molecular formula is C12H19ClN4O. The summed E-state index contributed by atoms with van der Waals surface area (Å²) in [5, 5.41) is 3.62. The summed E-state index contributed by atoms with van der Waals surface area (Å²) in [4.78, 5) is 10.5. The molecule has 1 atom stereocenters. The van der Waals surface area contributed by atoms with Gasteiger partial charge in [0, 0.05) is 12.6 Å². The first-order chi connectivity index (χ1) is 8.72. The summed E-state index contributed by atoms with van der Waals surface area (Å²) >= 11 is 5.95. The zero-order valence-corrected chi connectivity index (χ0v) is 11.6. The Morgan fingerprint density at radius 1 is 1.44 bits per heavy atom. The van der Waals surface area contributed by atoms with Gasteiger partial charge in [-0.25, -0.2) is 9.97 Å². The topological polar surface area (TPSA) is 50.3 Å². The summed E-state index contributed by atoms with van der Waals surface area (Å²) in [5.74, 6) is 1.16. The molecule has 100 valence electrons. The lowest BCUT2D eigenvalue weighted by atomic mass is 10.3. The predicted molar refractivity (Wildman–Crippen MR) is 72.4 cm³/mol. The molecule has 1 aliphatic rings. The van der Waals surface area contributed by atoms with E-state index in [2.05, 4.69) is 27.1 Å². The van der Waals surface area contributed by atoms with Crippen LogP contribution in [0.3, 0.4) is 0 Å². The van der Waals surface area contributed by atoms with E-state index in [4.69, 9.17) is 16.3 Å². The molecule has 1 N–H and O–H groups in total. The fourth-order valence-corrected chi connectivity index (χ4v) is 2.43. The molecule has 1 unspecified atom stereocenters. The third kappa shape index (κ3) is 3.03. The molecule has 0 aliphatic carbocycles. The summed E-state index contributed by atoms with van der Waals surface area (Å²) in [5.41, 5.74) is 0. The molecule has 5 nitrogen and oxygen atoms in total. The van der Waals surface area contributed by atoms with Crippen molar-refractivity contribution < 1.29 is 4.74 Å². The molecule has 1 fully saturated rings. The lowest BCUT2D eigenvalue weighted by Gasteiger charge is -2.24. The molecule has 18 heavy (non-hydrogen) atoms. The second-order valence-corrected chi connectivity index (χ2v) is 4.88. The second kappa shape index (κ2) is 6.20. The molecule has 0 radical (unpaired) electrons. The van der Waals surface area contributed by atoms with Gasteiger partial charge >= 0.3 is 0 Å². The van der Waals surface area contributed by atoms with E-state index in [-0.39, 0.29) is 0 Å². The Balaban J connectivity index is 1.95. The van der Waals surface area contributed by atoms with E-state index in [1.165, 1.54) is 32.3 Å². The van der Waals surface area contributed by atoms with Gasteiger partial charge < -0.3 is 10.1 Å². The van der Waals surface area contributed by atoms with Crippen molar-refractivity contribution in [3.8, 4) is 5.75 Å². The number of anilines is 1. The molecule has 1 aliphatic heterocycles. The van der Waals surface area contributed by atoms with Crippen LogP contribution in [0.15, 0.2) is 6.33 Å². The number of hydrogen-bond acceptors (Lipinski definition) is 5. The number of ether oxygens (including phenoxy) is 1. The van der Waals surface area contributed by atoms with Crippen LogP contribution in [0.2, 0.25) is 5.15 Å². The number of rotatable bonds is 5. The first-order valence-electron chi connectivity index (χ1n) is 6.24. The van der Waals surface area contributed by atoms with E-state index in [1.54, 1.807) is 7.11 Å². The molecule has 0 bridgehead atoms. The molecule has 0 aromatic carbocycles. The largest absolute Gasteiger partial charge is 0.490 e. The van der Waals surface area contributed by atoms with E-state index in [1.807, 2.05) is 0 Å². The van der Waals surface area contributed by atoms with Gasteiger partial charge in [-0.05, 0) is 32.9 Å². The average Bonchev–Trinajstić information content (AvgIpc) is 2.90. The van der Waals surface area contributed by atoms with Crippen molar-refractivity contribution in [2.75, 3.05) is 32.1 Å². The Morgan fingerprint density at radius 3 is 2.83 bits per heavy atom. The van der Waals surface area contributed by atoms with Crippen molar-refractivity contribution >= 4 is 17.4 Å². The Bertz CT molecular complexity index is 396. The first-order valence-corrected chi connectivity index (χ1v) is 6.62. The summed E-state index contributed by atoms with van der Waals surface area (Å²) in [6.45, 7) is 5.41. The van der Waals surface area contributed by atoms with Gasteiger partial charge in [-0.2, -0.15) is 0 Å². The van der Waals surface area contributed by atoms with Crippen molar-refractivity contribution in [1.82, 2.24) is 14.9 Å². The van der Waals surface area contributed by atoms with Crippen LogP contribution in [-0.2, 0) is 0 Å². The molecular weight excluding hydrogens is 252 g/mol. The van der Waals surface area contributed by atoms with Crippen molar-refractivity contribution in [2.24, 2.45) is 0 Å². The van der Waals surface area contributed by atoms with Crippen molar-refractivity contribution in [1.29, 1.82) is 0 Å². The summed E-state index contributed by atoms with van der Waals surface area (Å²) < 4.78 is 5.20. The van der Waals surface area contributed by atoms with E-state index in [9.17, 15) is 0 Å². The van der Waals surface area contributed by atoms with E-state index in [0.717, 1.165) is 6.54 Å². The highest BCUT2D eigenvalue weighted by Gasteiger charge is 2.18. The highest BCUT2D eigenvalue weighted by Crippen LogP contribution is 2.28. The number of methoxy groups -OCH3 is 1. The molecule has 2 rings (SSSR count). The lowest BCUT2D eigenvalue weighted by Crippen LogP contribution is -2.35. The monoisotopic (exact) mass is 270 g/mol. The molecule has 2 heterocycles. The minimum atomic E-state index is 0.337. The maximum Gasteiger partial charge on any atom is 0.198 e. The van der Waals surface area contributed by atoms with Crippen LogP contribution in [-0.4, -0.2) is 47.7 Å². The highest BCUT2D eigenvalue weighted by molar-refractivity contribution is 6.31. The second-order valence-electron chi connectivity index (χ2n) is 4.52. The van der Waals surface area contributed by atoms with E-state index in [0.29, 0.717) is 22.8 Å². The average molecular weight is 271 g/mol. The van der Waals surface area contributed by atoms with Crippen LogP contribution in [0.25, 0.3) is 0 Å². The molecule has 0 saturated carbocycles. The first kappa shape index (κ1) is 13.4. The van der Waals surface area contributed by atoms with Gasteiger partial charge in [-0.3, -0.25) is 4.90 Å². The Hall–Kier alpha value is -1.07. The quantitative estimate of drug-likeness (QED) is 0.830. The molecule has 0 amide bonds. The van der Waals surface area contributed by atoms with Gasteiger partial charge in [-0.1, -0.05) is 11.6 Å². The lowest BCUT2D eigenvalue weighted by molar-refractivity contribution is 0.269. The van der Waals surface area contributed by atoms with Gasteiger partial charge in [0.25, 0.3) is 0 Å². The van der Waals surface area contributed by atoms with Crippen LogP contribution in [0.1, 0.15) is 19.8 Å². The number of hydrogen-bond donors (Lipinski definition) is 1. The van der Waals surface area contributed by atoms with Gasteiger partial charge in [0.05, 0.1) is 7.11 Å². The Kier molecular flexibility index (Phi) is 4.60. The maximum absolute atomic E-state index is 5.95. The number of halogens is 1. The maximum atomic E-state index is 5.95. The number of nitrogens with zero attached hydrogens (tertiary/aromatic N) is 3. The van der Waals surface area contributed by atoms with Gasteiger partial charge in [0.1, 0.15) is 6.33 Å². The Morgan fingerprint density at radius 2 is 2.17 bits per heavy atom. The molecule has 0 spiro atoms. The zero-order chi connectivity index (χ0) is 13.0. The van der Waals surface area contributed by atoms with Gasteiger partial charge in [0.2, 0.25) is 0 Å². The van der Waals surface area contributed by atoms with Crippen LogP contribution in [0, 0.1) is 0 Å². The third-order valence-corrected chi connectivity index (χ3v) is 3.56. The summed E-state index contributed by atoms with van der Waals surface area (Å²) in [7, 11) is 1.57. The van der Waals surface area contributed by atoms with Gasteiger partial charge in [-0.15, -0.1) is 0 Å². The van der Waals surface area contributed by atoms with Crippen LogP contribution in [0.5, 0.6) is 5.75 Å². The Labute approximate surface area is 113 Å². The van der Waals surface area contributed by atoms with E-state index >= 15 is 0 Å². The van der Waals surface area contributed by atoms with Gasteiger partial charge in [0.15, 0.2) is 16.7 Å². The molecule has 1 aromatic rings. The minimum Gasteiger partial charge on any atom is -0.490 e. The summed E-state index contributed by atoms with van der Waals surface area (Å²) in [6.07, 6.45) is 4.04. The van der Waals surface area contributed by atoms with Crippen LogP contribution >= 0.6 is 11.6 Å². The minimum absolute atomic E-state index is 0.337. The molecule has 1 saturated heterocycles. The fourth-order valence-electron chi connectivity index (χ4n) is 2.21.